The molecule has 150 valence electrons. The van der Waals surface area contributed by atoms with E-state index in [0.717, 1.165) is 11.1 Å². The fraction of sp³-hybridized carbons (Fsp3) is 0.158. The zero-order valence-corrected chi connectivity index (χ0v) is 17.1. The molecule has 0 aliphatic carbocycles. The number of rotatable bonds is 7. The molecule has 0 saturated heterocycles. The summed E-state index contributed by atoms with van der Waals surface area (Å²) in [6, 6.07) is 10.6. The van der Waals surface area contributed by atoms with Crippen LogP contribution in [0.1, 0.15) is 16.8 Å². The van der Waals surface area contributed by atoms with Crippen molar-refractivity contribution in [3.8, 4) is 11.5 Å². The van der Waals surface area contributed by atoms with Crippen LogP contribution in [0.2, 0.25) is 10.0 Å². The van der Waals surface area contributed by atoms with E-state index in [1.54, 1.807) is 44.5 Å². The third-order valence-electron chi connectivity index (χ3n) is 3.85. The van der Waals surface area contributed by atoms with E-state index in [-0.39, 0.29) is 12.4 Å². The van der Waals surface area contributed by atoms with Crippen molar-refractivity contribution < 1.29 is 9.47 Å². The molecule has 29 heavy (non-hydrogen) atoms. The summed E-state index contributed by atoms with van der Waals surface area (Å²) in [5, 5.41) is 11.2. The lowest BCUT2D eigenvalue weighted by molar-refractivity contribution is 0.284. The summed E-state index contributed by atoms with van der Waals surface area (Å²) in [7, 11) is 1.55. The second kappa shape index (κ2) is 9.40. The van der Waals surface area contributed by atoms with Gasteiger partial charge in [-0.15, -0.1) is 0 Å². The smallest absolute Gasteiger partial charge is 0.363 e. The lowest BCUT2D eigenvalue weighted by atomic mass is 10.2. The normalized spacial score (nSPS) is 10.9. The number of aromatic amines is 1. The molecule has 0 radical (unpaired) electrons. The van der Waals surface area contributed by atoms with Crippen molar-refractivity contribution in [2.75, 3.05) is 12.5 Å². The first kappa shape index (κ1) is 20.6. The Kier molecular flexibility index (Phi) is 6.69. The largest absolute Gasteiger partial charge is 0.493 e. The number of ether oxygens (including phenoxy) is 2. The molecular weight excluding hydrogens is 417 g/mol. The number of nitrogens with zero attached hydrogens (tertiary/aromatic N) is 3. The average molecular weight is 434 g/mol. The predicted molar refractivity (Wildman–Crippen MR) is 112 cm³/mol. The van der Waals surface area contributed by atoms with Crippen LogP contribution >= 0.6 is 23.2 Å². The van der Waals surface area contributed by atoms with Gasteiger partial charge in [0.05, 0.1) is 13.3 Å². The van der Waals surface area contributed by atoms with Crippen LogP contribution in [0.3, 0.4) is 0 Å². The van der Waals surface area contributed by atoms with Crippen LogP contribution in [-0.4, -0.2) is 28.5 Å². The molecule has 2 N–H and O–H groups in total. The highest BCUT2D eigenvalue weighted by molar-refractivity contribution is 6.35. The molecule has 2 aromatic carbocycles. The number of nitrogens with one attached hydrogen (secondary N) is 2. The summed E-state index contributed by atoms with van der Waals surface area (Å²) < 4.78 is 11.2. The molecule has 3 aromatic rings. The Morgan fingerprint density at radius 3 is 2.79 bits per heavy atom. The minimum absolute atomic E-state index is 0.266. The fourth-order valence-corrected chi connectivity index (χ4v) is 2.81. The van der Waals surface area contributed by atoms with E-state index in [1.165, 1.54) is 0 Å². The van der Waals surface area contributed by atoms with Gasteiger partial charge in [0.1, 0.15) is 12.3 Å². The number of methoxy groups -OCH3 is 1. The van der Waals surface area contributed by atoms with Crippen molar-refractivity contribution in [1.29, 1.82) is 0 Å². The summed E-state index contributed by atoms with van der Waals surface area (Å²) in [5.41, 5.74) is 4.21. The number of hydrazone groups is 1. The van der Waals surface area contributed by atoms with Crippen LogP contribution in [0.5, 0.6) is 11.5 Å². The molecule has 1 aromatic heterocycles. The number of anilines is 1. The maximum Gasteiger partial charge on any atom is 0.363 e. The summed E-state index contributed by atoms with van der Waals surface area (Å²) in [5.74, 6) is 1.36. The Hall–Kier alpha value is -3.10. The van der Waals surface area contributed by atoms with Gasteiger partial charge in [-0.2, -0.15) is 15.2 Å². The molecular formula is C19H17Cl2N5O3. The van der Waals surface area contributed by atoms with Crippen molar-refractivity contribution in [3.05, 3.63) is 73.7 Å². The number of H-pyrrole nitrogens is 1. The summed E-state index contributed by atoms with van der Waals surface area (Å²) >= 11 is 12.1. The molecule has 0 fully saturated rings. The molecule has 3 rings (SSSR count). The SMILES string of the molecule is COc1cc(C=NNc2nc(=O)[nH]nc2C)ccc1OCc1ccc(Cl)cc1Cl. The number of aromatic nitrogens is 3. The van der Waals surface area contributed by atoms with Crippen LogP contribution < -0.4 is 20.6 Å². The van der Waals surface area contributed by atoms with E-state index in [1.807, 2.05) is 12.1 Å². The molecule has 0 aliphatic rings. The zero-order chi connectivity index (χ0) is 20.8. The van der Waals surface area contributed by atoms with Crippen molar-refractivity contribution in [1.82, 2.24) is 15.2 Å². The molecule has 0 amide bonds. The Balaban J connectivity index is 1.69. The third kappa shape index (κ3) is 5.46. The highest BCUT2D eigenvalue weighted by atomic mass is 35.5. The highest BCUT2D eigenvalue weighted by Gasteiger charge is 2.08. The number of hydrogen-bond donors (Lipinski definition) is 2. The molecule has 0 unspecified atom stereocenters. The van der Waals surface area contributed by atoms with Gasteiger partial charge in [0.25, 0.3) is 0 Å². The quantitative estimate of drug-likeness (QED) is 0.433. The van der Waals surface area contributed by atoms with Gasteiger partial charge < -0.3 is 9.47 Å². The van der Waals surface area contributed by atoms with Gasteiger partial charge in [-0.1, -0.05) is 29.3 Å². The Morgan fingerprint density at radius 1 is 1.21 bits per heavy atom. The molecule has 0 atom stereocenters. The van der Waals surface area contributed by atoms with E-state index in [2.05, 4.69) is 25.7 Å². The fourth-order valence-electron chi connectivity index (χ4n) is 2.34. The van der Waals surface area contributed by atoms with Crippen LogP contribution in [-0.2, 0) is 6.61 Å². The van der Waals surface area contributed by atoms with E-state index in [4.69, 9.17) is 32.7 Å². The van der Waals surface area contributed by atoms with Gasteiger partial charge in [0.15, 0.2) is 17.3 Å². The van der Waals surface area contributed by atoms with Crippen LogP contribution in [0, 0.1) is 6.92 Å². The first-order chi connectivity index (χ1) is 14.0. The summed E-state index contributed by atoms with van der Waals surface area (Å²) in [6.45, 7) is 1.96. The Labute approximate surface area is 176 Å². The molecule has 8 nitrogen and oxygen atoms in total. The first-order valence-electron chi connectivity index (χ1n) is 8.43. The standard InChI is InChI=1S/C19H17Cl2N5O3/c1-11-18(23-19(27)26-24-11)25-22-9-12-3-6-16(17(7-12)28-2)29-10-13-4-5-14(20)8-15(13)21/h3-9H,10H2,1-2H3,(H2,23,25,26,27). The number of benzene rings is 2. The van der Waals surface area contributed by atoms with Crippen molar-refractivity contribution in [2.45, 2.75) is 13.5 Å². The van der Waals surface area contributed by atoms with Gasteiger partial charge in [-0.25, -0.2) is 9.89 Å². The Bertz CT molecular complexity index is 1100. The van der Waals surface area contributed by atoms with E-state index < -0.39 is 5.69 Å². The molecule has 0 aliphatic heterocycles. The molecule has 0 spiro atoms. The van der Waals surface area contributed by atoms with Crippen molar-refractivity contribution in [3.63, 3.8) is 0 Å². The van der Waals surface area contributed by atoms with Crippen molar-refractivity contribution >= 4 is 35.2 Å². The lowest BCUT2D eigenvalue weighted by Crippen LogP contribution is -2.15. The lowest BCUT2D eigenvalue weighted by Gasteiger charge is -2.12. The molecule has 0 bridgehead atoms. The molecule has 1 heterocycles. The van der Waals surface area contributed by atoms with Gasteiger partial charge in [-0.05, 0) is 42.8 Å². The number of halogens is 2. The maximum atomic E-state index is 11.2. The predicted octanol–water partition coefficient (Wildman–Crippen LogP) is 3.81. The van der Waals surface area contributed by atoms with Gasteiger partial charge in [-0.3, -0.25) is 5.43 Å². The highest BCUT2D eigenvalue weighted by Crippen LogP contribution is 2.29. The minimum atomic E-state index is -0.558. The van der Waals surface area contributed by atoms with Gasteiger partial charge in [0, 0.05) is 15.6 Å². The van der Waals surface area contributed by atoms with Crippen LogP contribution in [0.4, 0.5) is 5.82 Å². The minimum Gasteiger partial charge on any atom is -0.493 e. The summed E-state index contributed by atoms with van der Waals surface area (Å²) in [4.78, 5) is 15.0. The van der Waals surface area contributed by atoms with Crippen LogP contribution in [0.15, 0.2) is 46.3 Å². The van der Waals surface area contributed by atoms with E-state index >= 15 is 0 Å². The van der Waals surface area contributed by atoms with E-state index in [9.17, 15) is 4.79 Å². The maximum absolute atomic E-state index is 11.2. The third-order valence-corrected chi connectivity index (χ3v) is 4.43. The second-order valence-electron chi connectivity index (χ2n) is 5.88. The van der Waals surface area contributed by atoms with Crippen LogP contribution in [0.25, 0.3) is 0 Å². The monoisotopic (exact) mass is 433 g/mol. The van der Waals surface area contributed by atoms with Crippen molar-refractivity contribution in [2.24, 2.45) is 5.10 Å². The molecule has 0 saturated carbocycles. The van der Waals surface area contributed by atoms with E-state index in [0.29, 0.717) is 27.2 Å². The average Bonchev–Trinajstić information content (AvgIpc) is 2.70. The first-order valence-corrected chi connectivity index (χ1v) is 9.19. The number of hydrogen-bond acceptors (Lipinski definition) is 7. The second-order valence-corrected chi connectivity index (χ2v) is 6.72. The Morgan fingerprint density at radius 2 is 2.03 bits per heavy atom. The topological polar surface area (TPSA) is 101 Å². The van der Waals surface area contributed by atoms with Gasteiger partial charge >= 0.3 is 5.69 Å². The van der Waals surface area contributed by atoms with Gasteiger partial charge in [0.2, 0.25) is 0 Å². The number of aryl methyl sites for hydroxylation is 1. The zero-order valence-electron chi connectivity index (χ0n) is 15.6. The molecule has 10 heteroatoms. The summed E-state index contributed by atoms with van der Waals surface area (Å²) in [6.07, 6.45) is 1.56.